The maximum absolute atomic E-state index is 11.8. The van der Waals surface area contributed by atoms with Crippen molar-refractivity contribution in [1.82, 2.24) is 4.98 Å². The highest BCUT2D eigenvalue weighted by Crippen LogP contribution is 2.31. The van der Waals surface area contributed by atoms with E-state index in [1.165, 1.54) is 0 Å². The van der Waals surface area contributed by atoms with E-state index in [9.17, 15) is 4.79 Å². The molecule has 0 bridgehead atoms. The minimum atomic E-state index is 0.142. The highest BCUT2D eigenvalue weighted by molar-refractivity contribution is 9.11. The predicted molar refractivity (Wildman–Crippen MR) is 74.0 cm³/mol. The second kappa shape index (κ2) is 5.06. The van der Waals surface area contributed by atoms with Crippen molar-refractivity contribution >= 4 is 56.1 Å². The fourth-order valence-electron chi connectivity index (χ4n) is 1.74. The number of amides is 1. The third kappa shape index (κ3) is 2.43. The Labute approximate surface area is 116 Å². The largest absolute Gasteiger partial charge is 0.310 e. The SMILES string of the molecule is O=C1CC(CS)CN1c1ccc(Br)nc1Br. The van der Waals surface area contributed by atoms with Crippen molar-refractivity contribution < 1.29 is 4.79 Å². The van der Waals surface area contributed by atoms with Crippen LogP contribution >= 0.6 is 44.5 Å². The van der Waals surface area contributed by atoms with E-state index in [-0.39, 0.29) is 5.91 Å². The minimum absolute atomic E-state index is 0.142. The molecule has 1 aromatic rings. The molecule has 0 radical (unpaired) electrons. The third-order valence-corrected chi connectivity index (χ3v) is 4.09. The quantitative estimate of drug-likeness (QED) is 0.645. The van der Waals surface area contributed by atoms with Crippen LogP contribution in [0.2, 0.25) is 0 Å². The summed E-state index contributed by atoms with van der Waals surface area (Å²) >= 11 is 10.9. The van der Waals surface area contributed by atoms with Gasteiger partial charge in [-0.25, -0.2) is 4.98 Å². The van der Waals surface area contributed by atoms with Crippen LogP contribution in [0.4, 0.5) is 5.69 Å². The summed E-state index contributed by atoms with van der Waals surface area (Å²) in [6, 6.07) is 3.72. The molecule has 6 heteroatoms. The number of hydrogen-bond acceptors (Lipinski definition) is 3. The van der Waals surface area contributed by atoms with Crippen LogP contribution in [0.1, 0.15) is 6.42 Å². The number of carbonyl (C=O) groups is 1. The lowest BCUT2D eigenvalue weighted by Gasteiger charge is -2.17. The molecule has 1 saturated heterocycles. The summed E-state index contributed by atoms with van der Waals surface area (Å²) in [5, 5.41) is 0. The number of thiol groups is 1. The van der Waals surface area contributed by atoms with E-state index in [1.807, 2.05) is 12.1 Å². The van der Waals surface area contributed by atoms with Gasteiger partial charge in [-0.05, 0) is 55.7 Å². The fourth-order valence-corrected chi connectivity index (χ4v) is 3.07. The van der Waals surface area contributed by atoms with Crippen LogP contribution in [-0.4, -0.2) is 23.2 Å². The smallest absolute Gasteiger partial charge is 0.227 e. The van der Waals surface area contributed by atoms with Crippen LogP contribution in [0.5, 0.6) is 0 Å². The molecule has 0 spiro atoms. The molecule has 1 unspecified atom stereocenters. The average Bonchev–Trinajstić information content (AvgIpc) is 2.60. The Bertz CT molecular complexity index is 427. The lowest BCUT2D eigenvalue weighted by Crippen LogP contribution is -2.25. The molecule has 1 aliphatic rings. The summed E-state index contributed by atoms with van der Waals surface area (Å²) in [5.74, 6) is 1.22. The molecule has 0 N–H and O–H groups in total. The maximum Gasteiger partial charge on any atom is 0.227 e. The molecule has 2 rings (SSSR count). The number of carbonyl (C=O) groups excluding carboxylic acids is 1. The zero-order valence-electron chi connectivity index (χ0n) is 8.36. The summed E-state index contributed by atoms with van der Waals surface area (Å²) in [5.41, 5.74) is 0.831. The molecule has 0 aliphatic carbocycles. The Morgan fingerprint density at radius 1 is 1.50 bits per heavy atom. The second-order valence-corrected chi connectivity index (χ2v) is 5.63. The Balaban J connectivity index is 2.28. The highest BCUT2D eigenvalue weighted by atomic mass is 79.9. The number of aromatic nitrogens is 1. The summed E-state index contributed by atoms with van der Waals surface area (Å²) < 4.78 is 1.44. The van der Waals surface area contributed by atoms with Crippen LogP contribution in [0.15, 0.2) is 21.3 Å². The van der Waals surface area contributed by atoms with Gasteiger partial charge >= 0.3 is 0 Å². The van der Waals surface area contributed by atoms with Gasteiger partial charge in [0.05, 0.1) is 5.69 Å². The molecule has 1 fully saturated rings. The Morgan fingerprint density at radius 3 is 2.81 bits per heavy atom. The first-order valence-electron chi connectivity index (χ1n) is 4.85. The number of anilines is 1. The van der Waals surface area contributed by atoms with E-state index >= 15 is 0 Å². The van der Waals surface area contributed by atoms with Crippen molar-refractivity contribution in [3.05, 3.63) is 21.3 Å². The van der Waals surface area contributed by atoms with E-state index in [4.69, 9.17) is 0 Å². The van der Waals surface area contributed by atoms with Crippen molar-refractivity contribution in [1.29, 1.82) is 0 Å². The summed E-state index contributed by atoms with van der Waals surface area (Å²) in [7, 11) is 0. The van der Waals surface area contributed by atoms with Gasteiger partial charge in [-0.3, -0.25) is 4.79 Å². The van der Waals surface area contributed by atoms with Crippen molar-refractivity contribution in [2.45, 2.75) is 6.42 Å². The van der Waals surface area contributed by atoms with E-state index in [0.29, 0.717) is 16.9 Å². The van der Waals surface area contributed by atoms with Crippen molar-refractivity contribution in [3.63, 3.8) is 0 Å². The second-order valence-electron chi connectivity index (χ2n) is 3.70. The van der Waals surface area contributed by atoms with Gasteiger partial charge in [-0.2, -0.15) is 12.6 Å². The third-order valence-electron chi connectivity index (χ3n) is 2.55. The monoisotopic (exact) mass is 364 g/mol. The zero-order valence-corrected chi connectivity index (χ0v) is 12.4. The Kier molecular flexibility index (Phi) is 3.92. The van der Waals surface area contributed by atoms with Gasteiger partial charge in [0.25, 0.3) is 0 Å². The minimum Gasteiger partial charge on any atom is -0.310 e. The fraction of sp³-hybridized carbons (Fsp3) is 0.400. The molecule has 1 amide bonds. The summed E-state index contributed by atoms with van der Waals surface area (Å²) in [4.78, 5) is 17.8. The number of halogens is 2. The van der Waals surface area contributed by atoms with Crippen LogP contribution in [0, 0.1) is 5.92 Å². The number of rotatable bonds is 2. The normalized spacial score (nSPS) is 20.6. The molecule has 2 heterocycles. The summed E-state index contributed by atoms with van der Waals surface area (Å²) in [6.45, 7) is 0.726. The van der Waals surface area contributed by atoms with Gasteiger partial charge in [0.2, 0.25) is 5.91 Å². The highest BCUT2D eigenvalue weighted by Gasteiger charge is 2.30. The van der Waals surface area contributed by atoms with Gasteiger partial charge in [-0.1, -0.05) is 0 Å². The van der Waals surface area contributed by atoms with Crippen molar-refractivity contribution in [2.24, 2.45) is 5.92 Å². The molecule has 0 aromatic carbocycles. The first-order chi connectivity index (χ1) is 7.61. The lowest BCUT2D eigenvalue weighted by molar-refractivity contribution is -0.117. The van der Waals surface area contributed by atoms with Crippen LogP contribution < -0.4 is 4.90 Å². The van der Waals surface area contributed by atoms with E-state index in [0.717, 1.165) is 22.6 Å². The van der Waals surface area contributed by atoms with Crippen molar-refractivity contribution in [2.75, 3.05) is 17.2 Å². The van der Waals surface area contributed by atoms with Gasteiger partial charge < -0.3 is 4.90 Å². The molecular formula is C10H10Br2N2OS. The molecule has 1 aliphatic heterocycles. The molecule has 86 valence electrons. The van der Waals surface area contributed by atoms with E-state index in [2.05, 4.69) is 49.5 Å². The molecule has 3 nitrogen and oxygen atoms in total. The standard InChI is InChI=1S/C10H10Br2N2OS/c11-8-2-1-7(10(12)13-8)14-4-6(5-16)3-9(14)15/h1-2,6,16H,3-5H2. The molecule has 0 saturated carbocycles. The topological polar surface area (TPSA) is 33.2 Å². The van der Waals surface area contributed by atoms with Gasteiger partial charge in [0.1, 0.15) is 9.21 Å². The first kappa shape index (κ1) is 12.4. The molecule has 1 atom stereocenters. The summed E-state index contributed by atoms with van der Waals surface area (Å²) in [6.07, 6.45) is 0.575. The number of hydrogen-bond donors (Lipinski definition) is 1. The van der Waals surface area contributed by atoms with Gasteiger partial charge in [-0.15, -0.1) is 0 Å². The van der Waals surface area contributed by atoms with Gasteiger partial charge in [0.15, 0.2) is 0 Å². The maximum atomic E-state index is 11.8. The molecule has 1 aromatic heterocycles. The first-order valence-corrected chi connectivity index (χ1v) is 7.07. The van der Waals surface area contributed by atoms with E-state index < -0.39 is 0 Å². The molecule has 16 heavy (non-hydrogen) atoms. The zero-order chi connectivity index (χ0) is 11.7. The van der Waals surface area contributed by atoms with Crippen LogP contribution in [0.3, 0.4) is 0 Å². The number of pyridine rings is 1. The Hall–Kier alpha value is -0.0700. The number of nitrogens with zero attached hydrogens (tertiary/aromatic N) is 2. The predicted octanol–water partition coefficient (Wildman–Crippen LogP) is 2.89. The average molecular weight is 366 g/mol. The van der Waals surface area contributed by atoms with Crippen LogP contribution in [0.25, 0.3) is 0 Å². The van der Waals surface area contributed by atoms with Crippen LogP contribution in [-0.2, 0) is 4.79 Å². The Morgan fingerprint density at radius 2 is 2.25 bits per heavy atom. The lowest BCUT2D eigenvalue weighted by atomic mass is 10.1. The van der Waals surface area contributed by atoms with E-state index in [1.54, 1.807) is 4.90 Å². The van der Waals surface area contributed by atoms with Gasteiger partial charge in [0, 0.05) is 13.0 Å². The molecular weight excluding hydrogens is 356 g/mol. The van der Waals surface area contributed by atoms with Crippen molar-refractivity contribution in [3.8, 4) is 0 Å².